The first-order valence-corrected chi connectivity index (χ1v) is 5.11. The van der Waals surface area contributed by atoms with Crippen LogP contribution >= 0.6 is 11.6 Å². The van der Waals surface area contributed by atoms with Gasteiger partial charge in [0.05, 0.1) is 22.8 Å². The van der Waals surface area contributed by atoms with Crippen LogP contribution in [0.25, 0.3) is 0 Å². The van der Waals surface area contributed by atoms with Crippen LogP contribution in [-0.4, -0.2) is 11.0 Å². The van der Waals surface area contributed by atoms with Crippen LogP contribution in [0.4, 0.5) is 18.9 Å². The maximum Gasteiger partial charge on any atom is 0.417 e. The zero-order chi connectivity index (χ0) is 13.9. The summed E-state index contributed by atoms with van der Waals surface area (Å²) < 4.78 is 37.6. The van der Waals surface area contributed by atoms with Gasteiger partial charge < -0.3 is 10.4 Å². The predicted molar refractivity (Wildman–Crippen MR) is 61.5 cm³/mol. The van der Waals surface area contributed by atoms with Crippen molar-refractivity contribution in [3.05, 3.63) is 41.1 Å². The van der Waals surface area contributed by atoms with Crippen molar-refractivity contribution >= 4 is 23.2 Å². The SMILES string of the molecule is C=C(O)CC(=O)Nc1ccc(Cl)c(C(F)(F)F)c1. The zero-order valence-corrected chi connectivity index (χ0v) is 9.77. The predicted octanol–water partition coefficient (Wildman–Crippen LogP) is 3.76. The molecule has 0 atom stereocenters. The molecule has 0 fully saturated rings. The van der Waals surface area contributed by atoms with Gasteiger partial charge in [0, 0.05) is 5.69 Å². The minimum atomic E-state index is -4.60. The van der Waals surface area contributed by atoms with Crippen molar-refractivity contribution in [2.75, 3.05) is 5.32 Å². The summed E-state index contributed by atoms with van der Waals surface area (Å²) in [5.74, 6) is -1.05. The number of halogens is 4. The van der Waals surface area contributed by atoms with Gasteiger partial charge >= 0.3 is 6.18 Å². The number of rotatable bonds is 3. The second-order valence-corrected chi connectivity index (χ2v) is 3.89. The van der Waals surface area contributed by atoms with E-state index in [-0.39, 0.29) is 17.9 Å². The van der Waals surface area contributed by atoms with Crippen LogP contribution in [-0.2, 0) is 11.0 Å². The summed E-state index contributed by atoms with van der Waals surface area (Å²) in [6.45, 7) is 3.10. The lowest BCUT2D eigenvalue weighted by Crippen LogP contribution is -2.13. The Morgan fingerprint density at radius 3 is 2.56 bits per heavy atom. The highest BCUT2D eigenvalue weighted by molar-refractivity contribution is 6.31. The van der Waals surface area contributed by atoms with Crippen LogP contribution in [0.15, 0.2) is 30.5 Å². The third-order valence-corrected chi connectivity index (χ3v) is 2.25. The number of alkyl halides is 3. The van der Waals surface area contributed by atoms with Gasteiger partial charge in [0.2, 0.25) is 5.91 Å². The topological polar surface area (TPSA) is 49.3 Å². The summed E-state index contributed by atoms with van der Waals surface area (Å²) in [4.78, 5) is 11.2. The van der Waals surface area contributed by atoms with Gasteiger partial charge in [0.25, 0.3) is 0 Å². The molecule has 7 heteroatoms. The molecule has 0 bridgehead atoms. The average Bonchev–Trinajstić information content (AvgIpc) is 2.17. The summed E-state index contributed by atoms with van der Waals surface area (Å²) >= 11 is 5.41. The fraction of sp³-hybridized carbons (Fsp3) is 0.182. The Hall–Kier alpha value is -1.69. The second-order valence-electron chi connectivity index (χ2n) is 3.48. The Bertz CT molecular complexity index is 486. The number of hydrogen-bond donors (Lipinski definition) is 2. The van der Waals surface area contributed by atoms with Gasteiger partial charge in [-0.25, -0.2) is 0 Å². The highest BCUT2D eigenvalue weighted by Crippen LogP contribution is 2.36. The maximum absolute atomic E-state index is 12.5. The number of amides is 1. The van der Waals surface area contributed by atoms with Gasteiger partial charge in [-0.3, -0.25) is 4.79 Å². The number of nitrogens with one attached hydrogen (secondary N) is 1. The van der Waals surface area contributed by atoms with E-state index in [9.17, 15) is 18.0 Å². The summed E-state index contributed by atoms with van der Waals surface area (Å²) in [5.41, 5.74) is -1.09. The quantitative estimate of drug-likeness (QED) is 0.828. The molecule has 0 unspecified atom stereocenters. The third-order valence-electron chi connectivity index (χ3n) is 1.92. The van der Waals surface area contributed by atoms with Crippen molar-refractivity contribution in [1.29, 1.82) is 0 Å². The summed E-state index contributed by atoms with van der Waals surface area (Å²) in [6.07, 6.45) is -4.98. The first-order chi connectivity index (χ1) is 8.20. The second kappa shape index (κ2) is 5.30. The van der Waals surface area contributed by atoms with Crippen LogP contribution < -0.4 is 5.32 Å². The molecule has 1 amide bonds. The molecule has 0 aliphatic rings. The average molecular weight is 280 g/mol. The first-order valence-electron chi connectivity index (χ1n) is 4.73. The molecule has 1 aromatic rings. The molecule has 0 spiro atoms. The number of aliphatic hydroxyl groups is 1. The molecule has 1 rings (SSSR count). The van der Waals surface area contributed by atoms with Crippen molar-refractivity contribution in [1.82, 2.24) is 0 Å². The lowest BCUT2D eigenvalue weighted by Gasteiger charge is -2.11. The smallest absolute Gasteiger partial charge is 0.417 e. The normalized spacial score (nSPS) is 11.1. The Balaban J connectivity index is 2.92. The molecular formula is C11H9ClF3NO2. The number of carbonyl (C=O) groups is 1. The van der Waals surface area contributed by atoms with Crippen LogP contribution in [0.2, 0.25) is 5.02 Å². The van der Waals surface area contributed by atoms with Crippen molar-refractivity contribution in [2.45, 2.75) is 12.6 Å². The summed E-state index contributed by atoms with van der Waals surface area (Å²) in [6, 6.07) is 2.99. The van der Waals surface area contributed by atoms with E-state index < -0.39 is 22.7 Å². The highest BCUT2D eigenvalue weighted by Gasteiger charge is 2.33. The molecule has 18 heavy (non-hydrogen) atoms. The van der Waals surface area contributed by atoms with Crippen molar-refractivity contribution in [2.24, 2.45) is 0 Å². The molecule has 1 aromatic carbocycles. The van der Waals surface area contributed by atoms with Crippen LogP contribution in [0, 0.1) is 0 Å². The monoisotopic (exact) mass is 279 g/mol. The van der Waals surface area contributed by atoms with Crippen LogP contribution in [0.3, 0.4) is 0 Å². The Kier molecular flexibility index (Phi) is 4.24. The maximum atomic E-state index is 12.5. The van der Waals surface area contributed by atoms with E-state index in [1.54, 1.807) is 0 Å². The molecule has 3 nitrogen and oxygen atoms in total. The Labute approximate surface area is 106 Å². The number of anilines is 1. The first kappa shape index (κ1) is 14.4. The standard InChI is InChI=1S/C11H9ClF3NO2/c1-6(17)4-10(18)16-7-2-3-9(12)8(5-7)11(13,14)15/h2-3,5,17H,1,4H2,(H,16,18). The molecule has 0 aromatic heterocycles. The zero-order valence-electron chi connectivity index (χ0n) is 9.01. The van der Waals surface area contributed by atoms with Gasteiger partial charge in [0.1, 0.15) is 0 Å². The molecular weight excluding hydrogens is 271 g/mol. The van der Waals surface area contributed by atoms with Crippen molar-refractivity contribution in [3.63, 3.8) is 0 Å². The lowest BCUT2D eigenvalue weighted by atomic mass is 10.2. The number of aliphatic hydroxyl groups excluding tert-OH is 1. The molecule has 0 saturated carbocycles. The Morgan fingerprint density at radius 2 is 2.06 bits per heavy atom. The molecule has 0 radical (unpaired) electrons. The molecule has 2 N–H and O–H groups in total. The van der Waals surface area contributed by atoms with E-state index in [4.69, 9.17) is 16.7 Å². The van der Waals surface area contributed by atoms with Gasteiger partial charge in [-0.05, 0) is 18.2 Å². The summed E-state index contributed by atoms with van der Waals surface area (Å²) in [5, 5.41) is 10.5. The molecule has 0 aliphatic carbocycles. The number of carbonyl (C=O) groups excluding carboxylic acids is 1. The molecule has 0 aliphatic heterocycles. The number of benzene rings is 1. The third kappa shape index (κ3) is 3.96. The van der Waals surface area contributed by atoms with E-state index in [0.717, 1.165) is 12.1 Å². The van der Waals surface area contributed by atoms with Gasteiger partial charge in [-0.15, -0.1) is 0 Å². The van der Waals surface area contributed by atoms with E-state index in [2.05, 4.69) is 11.9 Å². The Morgan fingerprint density at radius 1 is 1.44 bits per heavy atom. The van der Waals surface area contributed by atoms with E-state index in [0.29, 0.717) is 0 Å². The van der Waals surface area contributed by atoms with Crippen molar-refractivity contribution < 1.29 is 23.1 Å². The minimum Gasteiger partial charge on any atom is -0.512 e. The van der Waals surface area contributed by atoms with Crippen LogP contribution in [0.1, 0.15) is 12.0 Å². The molecule has 98 valence electrons. The molecule has 0 heterocycles. The largest absolute Gasteiger partial charge is 0.512 e. The lowest BCUT2D eigenvalue weighted by molar-refractivity contribution is -0.137. The van der Waals surface area contributed by atoms with Gasteiger partial charge in [-0.2, -0.15) is 13.2 Å². The van der Waals surface area contributed by atoms with Crippen LogP contribution in [0.5, 0.6) is 0 Å². The highest BCUT2D eigenvalue weighted by atomic mass is 35.5. The fourth-order valence-electron chi connectivity index (χ4n) is 1.21. The molecule has 0 saturated heterocycles. The van der Waals surface area contributed by atoms with Gasteiger partial charge in [0.15, 0.2) is 0 Å². The summed E-state index contributed by atoms with van der Waals surface area (Å²) in [7, 11) is 0. The van der Waals surface area contributed by atoms with E-state index >= 15 is 0 Å². The minimum absolute atomic E-state index is 0.0574. The van der Waals surface area contributed by atoms with E-state index in [1.165, 1.54) is 6.07 Å². The van der Waals surface area contributed by atoms with Crippen molar-refractivity contribution in [3.8, 4) is 0 Å². The fourth-order valence-corrected chi connectivity index (χ4v) is 1.44. The van der Waals surface area contributed by atoms with E-state index in [1.807, 2.05) is 0 Å². The van der Waals surface area contributed by atoms with Gasteiger partial charge in [-0.1, -0.05) is 18.2 Å². The number of hydrogen-bond acceptors (Lipinski definition) is 2.